The summed E-state index contributed by atoms with van der Waals surface area (Å²) in [6, 6.07) is 11.4. The fraction of sp³-hybridized carbons (Fsp3) is 0.133. The van der Waals surface area contributed by atoms with E-state index in [2.05, 4.69) is 0 Å². The van der Waals surface area contributed by atoms with E-state index in [-0.39, 0.29) is 4.90 Å². The zero-order chi connectivity index (χ0) is 18.0. The van der Waals surface area contributed by atoms with E-state index >= 15 is 0 Å². The fourth-order valence-electron chi connectivity index (χ4n) is 1.81. The van der Waals surface area contributed by atoms with Crippen molar-refractivity contribution in [3.05, 3.63) is 59.7 Å². The van der Waals surface area contributed by atoms with E-state index in [9.17, 15) is 26.4 Å². The quantitative estimate of drug-likeness (QED) is 0.800. The molecule has 9 heteroatoms. The summed E-state index contributed by atoms with van der Waals surface area (Å²) >= 11 is 1.05. The zero-order valence-electron chi connectivity index (χ0n) is 11.9. The van der Waals surface area contributed by atoms with Gasteiger partial charge in [-0.05, 0) is 23.8 Å². The van der Waals surface area contributed by atoms with Crippen molar-refractivity contribution in [2.75, 3.05) is 0 Å². The summed E-state index contributed by atoms with van der Waals surface area (Å²) in [7, 11) is -5.61. The first kappa shape index (κ1) is 18.3. The van der Waals surface area contributed by atoms with Crippen molar-refractivity contribution in [1.82, 2.24) is 0 Å². The van der Waals surface area contributed by atoms with E-state index in [1.165, 1.54) is 0 Å². The third-order valence-electron chi connectivity index (χ3n) is 2.99. The van der Waals surface area contributed by atoms with E-state index in [4.69, 9.17) is 5.11 Å². The molecule has 0 saturated carbocycles. The highest BCUT2D eigenvalue weighted by atomic mass is 32.2. The Morgan fingerprint density at radius 3 is 2.25 bits per heavy atom. The number of thioether (sulfide) groups is 1. The maximum Gasteiger partial charge on any atom is 0.501 e. The average Bonchev–Trinajstić information content (AvgIpc) is 2.52. The summed E-state index contributed by atoms with van der Waals surface area (Å²) in [5.74, 6) is -1.15. The van der Waals surface area contributed by atoms with Gasteiger partial charge in [-0.2, -0.15) is 13.2 Å². The lowest BCUT2D eigenvalue weighted by atomic mass is 10.2. The predicted octanol–water partition coefficient (Wildman–Crippen LogP) is 3.97. The highest BCUT2D eigenvalue weighted by Crippen LogP contribution is 2.34. The molecule has 2 rings (SSSR count). The molecule has 0 radical (unpaired) electrons. The van der Waals surface area contributed by atoms with Crippen LogP contribution in [0.4, 0.5) is 13.2 Å². The van der Waals surface area contributed by atoms with Crippen LogP contribution in [-0.4, -0.2) is 25.0 Å². The first-order chi connectivity index (χ1) is 11.1. The summed E-state index contributed by atoms with van der Waals surface area (Å²) in [5, 5.41) is 9.00. The molecule has 24 heavy (non-hydrogen) atoms. The van der Waals surface area contributed by atoms with Gasteiger partial charge in [0.15, 0.2) is 0 Å². The van der Waals surface area contributed by atoms with Crippen molar-refractivity contribution in [3.8, 4) is 0 Å². The monoisotopic (exact) mass is 376 g/mol. The Labute approximate surface area is 140 Å². The number of aromatic carboxylic acids is 1. The molecule has 0 fully saturated rings. The third kappa shape index (κ3) is 4.09. The molecule has 0 aliphatic heterocycles. The van der Waals surface area contributed by atoms with Crippen LogP contribution in [0.3, 0.4) is 0 Å². The van der Waals surface area contributed by atoms with Crippen LogP contribution in [0.15, 0.2) is 58.3 Å². The summed E-state index contributed by atoms with van der Waals surface area (Å²) < 4.78 is 61.1. The van der Waals surface area contributed by atoms with E-state index in [1.807, 2.05) is 0 Å². The summed E-state index contributed by atoms with van der Waals surface area (Å²) in [5.41, 5.74) is -5.15. The van der Waals surface area contributed by atoms with Gasteiger partial charge in [-0.1, -0.05) is 30.3 Å². The summed E-state index contributed by atoms with van der Waals surface area (Å²) in [6.45, 7) is 0. The Bertz CT molecular complexity index is 847. The van der Waals surface area contributed by atoms with Gasteiger partial charge in [0, 0.05) is 10.6 Å². The molecule has 1 N–H and O–H groups in total. The normalized spacial score (nSPS) is 12.1. The molecule has 128 valence electrons. The SMILES string of the molecule is O=C(O)c1cc(SCc2ccccc2)cc(S(=O)(=O)C(F)(F)F)c1. The van der Waals surface area contributed by atoms with Crippen LogP contribution < -0.4 is 0 Å². The molecule has 2 aromatic rings. The number of alkyl halides is 3. The molecule has 0 bridgehead atoms. The first-order valence-corrected chi connectivity index (χ1v) is 8.94. The van der Waals surface area contributed by atoms with Gasteiger partial charge < -0.3 is 5.11 Å². The second-order valence-corrected chi connectivity index (χ2v) is 7.71. The van der Waals surface area contributed by atoms with Gasteiger partial charge in [-0.15, -0.1) is 11.8 Å². The smallest absolute Gasteiger partial charge is 0.478 e. The van der Waals surface area contributed by atoms with E-state index in [1.54, 1.807) is 30.3 Å². The van der Waals surface area contributed by atoms with E-state index in [0.29, 0.717) is 11.8 Å². The Morgan fingerprint density at radius 2 is 1.71 bits per heavy atom. The van der Waals surface area contributed by atoms with Crippen molar-refractivity contribution in [2.45, 2.75) is 21.1 Å². The molecule has 0 saturated heterocycles. The van der Waals surface area contributed by atoms with Gasteiger partial charge in [-0.3, -0.25) is 0 Å². The van der Waals surface area contributed by atoms with Crippen LogP contribution in [0.1, 0.15) is 15.9 Å². The lowest BCUT2D eigenvalue weighted by Crippen LogP contribution is -2.23. The lowest BCUT2D eigenvalue weighted by Gasteiger charge is -2.11. The highest BCUT2D eigenvalue weighted by molar-refractivity contribution is 7.98. The largest absolute Gasteiger partial charge is 0.501 e. The Morgan fingerprint density at radius 1 is 1.08 bits per heavy atom. The second-order valence-electron chi connectivity index (χ2n) is 4.72. The molecule has 0 atom stereocenters. The van der Waals surface area contributed by atoms with Gasteiger partial charge in [0.25, 0.3) is 9.84 Å². The van der Waals surface area contributed by atoms with Crippen LogP contribution in [-0.2, 0) is 15.6 Å². The molecule has 0 heterocycles. The zero-order valence-corrected chi connectivity index (χ0v) is 13.6. The Balaban J connectivity index is 2.40. The fourth-order valence-corrected chi connectivity index (χ4v) is 3.66. The maximum absolute atomic E-state index is 12.7. The van der Waals surface area contributed by atoms with E-state index < -0.39 is 31.8 Å². The molecule has 0 aliphatic carbocycles. The molecular weight excluding hydrogens is 365 g/mol. The third-order valence-corrected chi connectivity index (χ3v) is 5.50. The summed E-state index contributed by atoms with van der Waals surface area (Å²) in [4.78, 5) is 10.1. The number of halogens is 3. The van der Waals surface area contributed by atoms with Crippen LogP contribution in [0.25, 0.3) is 0 Å². The number of carbonyl (C=O) groups is 1. The summed E-state index contributed by atoms with van der Waals surface area (Å²) in [6.07, 6.45) is 0. The molecule has 0 spiro atoms. The minimum absolute atomic E-state index is 0.126. The molecule has 4 nitrogen and oxygen atoms in total. The average molecular weight is 376 g/mol. The van der Waals surface area contributed by atoms with Gasteiger partial charge >= 0.3 is 11.5 Å². The van der Waals surface area contributed by atoms with E-state index in [0.717, 1.165) is 29.5 Å². The number of rotatable bonds is 5. The number of hydrogen-bond acceptors (Lipinski definition) is 4. The number of hydrogen-bond donors (Lipinski definition) is 1. The van der Waals surface area contributed by atoms with Crippen molar-refractivity contribution in [2.24, 2.45) is 0 Å². The molecule has 0 unspecified atom stereocenters. The van der Waals surface area contributed by atoms with Crippen LogP contribution >= 0.6 is 11.8 Å². The number of carboxylic acids is 1. The van der Waals surface area contributed by atoms with Crippen molar-refractivity contribution >= 4 is 27.6 Å². The minimum Gasteiger partial charge on any atom is -0.478 e. The Kier molecular flexibility index (Phi) is 5.24. The second kappa shape index (κ2) is 6.86. The van der Waals surface area contributed by atoms with Crippen molar-refractivity contribution < 1.29 is 31.5 Å². The molecule has 0 amide bonds. The van der Waals surface area contributed by atoms with Crippen molar-refractivity contribution in [3.63, 3.8) is 0 Å². The molecule has 0 aromatic heterocycles. The minimum atomic E-state index is -5.61. The topological polar surface area (TPSA) is 71.4 Å². The number of carboxylic acid groups (broad SMARTS) is 1. The van der Waals surface area contributed by atoms with Crippen LogP contribution in [0.2, 0.25) is 0 Å². The van der Waals surface area contributed by atoms with Crippen LogP contribution in [0.5, 0.6) is 0 Å². The van der Waals surface area contributed by atoms with Gasteiger partial charge in [0.1, 0.15) is 0 Å². The van der Waals surface area contributed by atoms with Gasteiger partial charge in [-0.25, -0.2) is 13.2 Å². The lowest BCUT2D eigenvalue weighted by molar-refractivity contribution is -0.0436. The number of benzene rings is 2. The molecular formula is C15H11F3O4S2. The predicted molar refractivity (Wildman–Crippen MR) is 82.6 cm³/mol. The van der Waals surface area contributed by atoms with Crippen molar-refractivity contribution in [1.29, 1.82) is 0 Å². The number of sulfone groups is 1. The maximum atomic E-state index is 12.7. The molecule has 2 aromatic carbocycles. The Hall–Kier alpha value is -2.00. The first-order valence-electron chi connectivity index (χ1n) is 6.48. The standard InChI is InChI=1S/C15H11F3O4S2/c16-15(17,18)24(21,22)13-7-11(14(19)20)6-12(8-13)23-9-10-4-2-1-3-5-10/h1-8H,9H2,(H,19,20). The van der Waals surface area contributed by atoms with Crippen LogP contribution in [0, 0.1) is 0 Å². The van der Waals surface area contributed by atoms with Gasteiger partial charge in [0.2, 0.25) is 0 Å². The molecule has 0 aliphatic rings. The van der Waals surface area contributed by atoms with Gasteiger partial charge in [0.05, 0.1) is 10.5 Å². The highest BCUT2D eigenvalue weighted by Gasteiger charge is 2.47.